The Morgan fingerprint density at radius 2 is 1.94 bits per heavy atom. The maximum absolute atomic E-state index is 10.6. The van der Waals surface area contributed by atoms with Crippen molar-refractivity contribution in [3.8, 4) is 0 Å². The highest BCUT2D eigenvalue weighted by Gasteiger charge is 2.31. The standard InChI is InChI=1S/C11H22N4O/c1-14-2-4-15(5-3-14)8-9-6-10(7-9)13-11(12)16/h9-10H,2-8H2,1H3,(H3,12,13,16). The number of nitrogens with one attached hydrogen (secondary N) is 1. The van der Waals surface area contributed by atoms with Crippen LogP contribution in [-0.4, -0.2) is 61.6 Å². The van der Waals surface area contributed by atoms with Crippen LogP contribution in [0.15, 0.2) is 0 Å². The van der Waals surface area contributed by atoms with E-state index in [-0.39, 0.29) is 6.03 Å². The molecule has 5 nitrogen and oxygen atoms in total. The minimum atomic E-state index is -0.386. The molecule has 0 spiro atoms. The number of piperazine rings is 1. The number of hydrogen-bond acceptors (Lipinski definition) is 3. The van der Waals surface area contributed by atoms with E-state index < -0.39 is 0 Å². The predicted molar refractivity (Wildman–Crippen MR) is 63.2 cm³/mol. The van der Waals surface area contributed by atoms with Crippen molar-refractivity contribution >= 4 is 6.03 Å². The van der Waals surface area contributed by atoms with Crippen molar-refractivity contribution in [3.63, 3.8) is 0 Å². The lowest BCUT2D eigenvalue weighted by Gasteiger charge is -2.41. The van der Waals surface area contributed by atoms with Crippen molar-refractivity contribution < 1.29 is 4.79 Å². The van der Waals surface area contributed by atoms with Gasteiger partial charge in [0.05, 0.1) is 0 Å². The molecule has 0 bridgehead atoms. The predicted octanol–water partition coefficient (Wildman–Crippen LogP) is -0.319. The topological polar surface area (TPSA) is 61.6 Å². The Hall–Kier alpha value is -0.810. The number of carbonyl (C=O) groups is 1. The third-order valence-corrected chi connectivity index (χ3v) is 3.69. The van der Waals surface area contributed by atoms with Gasteiger partial charge in [-0.2, -0.15) is 0 Å². The van der Waals surface area contributed by atoms with Crippen LogP contribution in [-0.2, 0) is 0 Å². The van der Waals surface area contributed by atoms with E-state index in [1.807, 2.05) is 0 Å². The van der Waals surface area contributed by atoms with Gasteiger partial charge in [-0.1, -0.05) is 0 Å². The number of nitrogens with zero attached hydrogens (tertiary/aromatic N) is 2. The molecular formula is C11H22N4O. The van der Waals surface area contributed by atoms with E-state index in [1.165, 1.54) is 32.7 Å². The maximum Gasteiger partial charge on any atom is 0.312 e. The molecule has 2 amide bonds. The normalized spacial score (nSPS) is 32.1. The molecule has 2 rings (SSSR count). The number of nitrogens with two attached hydrogens (primary N) is 1. The van der Waals surface area contributed by atoms with Crippen LogP contribution in [0.1, 0.15) is 12.8 Å². The average Bonchev–Trinajstić information content (AvgIpc) is 2.17. The number of amides is 2. The van der Waals surface area contributed by atoms with Crippen molar-refractivity contribution in [1.82, 2.24) is 15.1 Å². The van der Waals surface area contributed by atoms with Gasteiger partial charge in [-0.05, 0) is 25.8 Å². The van der Waals surface area contributed by atoms with Gasteiger partial charge in [-0.15, -0.1) is 0 Å². The second kappa shape index (κ2) is 5.01. The first kappa shape index (κ1) is 11.7. The van der Waals surface area contributed by atoms with E-state index in [1.54, 1.807) is 0 Å². The molecule has 16 heavy (non-hydrogen) atoms. The van der Waals surface area contributed by atoms with Crippen LogP contribution >= 0.6 is 0 Å². The second-order valence-corrected chi connectivity index (χ2v) is 5.15. The van der Waals surface area contributed by atoms with Crippen molar-refractivity contribution in [2.75, 3.05) is 39.8 Å². The Morgan fingerprint density at radius 3 is 2.50 bits per heavy atom. The molecule has 0 aromatic heterocycles. The molecule has 0 radical (unpaired) electrons. The fraction of sp³-hybridized carbons (Fsp3) is 0.909. The molecule has 5 heteroatoms. The van der Waals surface area contributed by atoms with Gasteiger partial charge in [0, 0.05) is 38.8 Å². The fourth-order valence-corrected chi connectivity index (χ4v) is 2.60. The largest absolute Gasteiger partial charge is 0.352 e. The quantitative estimate of drug-likeness (QED) is 0.693. The Labute approximate surface area is 96.9 Å². The molecule has 0 unspecified atom stereocenters. The van der Waals surface area contributed by atoms with E-state index in [0.717, 1.165) is 18.8 Å². The highest BCUT2D eigenvalue weighted by atomic mass is 16.2. The summed E-state index contributed by atoms with van der Waals surface area (Å²) in [6.07, 6.45) is 2.19. The van der Waals surface area contributed by atoms with Crippen LogP contribution in [0.4, 0.5) is 4.79 Å². The summed E-state index contributed by atoms with van der Waals surface area (Å²) in [5, 5.41) is 2.77. The molecule has 2 fully saturated rings. The van der Waals surface area contributed by atoms with Gasteiger partial charge in [0.15, 0.2) is 0 Å². The molecule has 3 N–H and O–H groups in total. The molecule has 92 valence electrons. The lowest BCUT2D eigenvalue weighted by atomic mass is 9.80. The molecule has 0 aromatic carbocycles. The summed E-state index contributed by atoms with van der Waals surface area (Å²) >= 11 is 0. The highest BCUT2D eigenvalue weighted by Crippen LogP contribution is 2.28. The molecule has 0 atom stereocenters. The summed E-state index contributed by atoms with van der Waals surface area (Å²) in [4.78, 5) is 15.5. The van der Waals surface area contributed by atoms with Gasteiger partial charge in [-0.3, -0.25) is 0 Å². The number of urea groups is 1. The average molecular weight is 226 g/mol. The summed E-state index contributed by atoms with van der Waals surface area (Å²) in [6, 6.07) is -0.0574. The lowest BCUT2D eigenvalue weighted by Crippen LogP contribution is -2.52. The van der Waals surface area contributed by atoms with Gasteiger partial charge in [0.25, 0.3) is 0 Å². The smallest absolute Gasteiger partial charge is 0.312 e. The summed E-state index contributed by atoms with van der Waals surface area (Å²) in [6.45, 7) is 5.90. The third kappa shape index (κ3) is 3.09. The Morgan fingerprint density at radius 1 is 1.31 bits per heavy atom. The molecule has 1 saturated heterocycles. The van der Waals surface area contributed by atoms with Crippen LogP contribution in [0.2, 0.25) is 0 Å². The first-order valence-electron chi connectivity index (χ1n) is 6.10. The highest BCUT2D eigenvalue weighted by molar-refractivity contribution is 5.72. The van der Waals surface area contributed by atoms with E-state index in [4.69, 9.17) is 5.73 Å². The summed E-state index contributed by atoms with van der Waals surface area (Å²) in [5.74, 6) is 0.750. The summed E-state index contributed by atoms with van der Waals surface area (Å²) in [7, 11) is 2.17. The number of primary amides is 1. The van der Waals surface area contributed by atoms with Crippen LogP contribution in [0, 0.1) is 5.92 Å². The van der Waals surface area contributed by atoms with Crippen LogP contribution < -0.4 is 11.1 Å². The first-order chi connectivity index (χ1) is 7.63. The SMILES string of the molecule is CN1CCN(CC2CC(NC(N)=O)C2)CC1. The Kier molecular flexibility index (Phi) is 3.66. The minimum Gasteiger partial charge on any atom is -0.352 e. The number of rotatable bonds is 3. The first-order valence-corrected chi connectivity index (χ1v) is 6.10. The fourth-order valence-electron chi connectivity index (χ4n) is 2.60. The van der Waals surface area contributed by atoms with E-state index in [2.05, 4.69) is 22.2 Å². The Balaban J connectivity index is 1.60. The number of likely N-dealkylation sites (N-methyl/N-ethyl adjacent to an activating group) is 1. The van der Waals surface area contributed by atoms with Crippen LogP contribution in [0.5, 0.6) is 0 Å². The van der Waals surface area contributed by atoms with Crippen LogP contribution in [0.3, 0.4) is 0 Å². The summed E-state index contributed by atoms with van der Waals surface area (Å²) < 4.78 is 0. The van der Waals surface area contributed by atoms with Crippen molar-refractivity contribution in [1.29, 1.82) is 0 Å². The lowest BCUT2D eigenvalue weighted by molar-refractivity contribution is 0.101. The van der Waals surface area contributed by atoms with Gasteiger partial charge in [-0.25, -0.2) is 4.79 Å². The van der Waals surface area contributed by atoms with Crippen molar-refractivity contribution in [3.05, 3.63) is 0 Å². The van der Waals surface area contributed by atoms with Gasteiger partial charge >= 0.3 is 6.03 Å². The molecule has 1 aliphatic heterocycles. The molecule has 0 aromatic rings. The molecule has 1 heterocycles. The van der Waals surface area contributed by atoms with Gasteiger partial charge < -0.3 is 20.9 Å². The van der Waals surface area contributed by atoms with Crippen molar-refractivity contribution in [2.45, 2.75) is 18.9 Å². The Bertz CT molecular complexity index is 244. The van der Waals surface area contributed by atoms with E-state index >= 15 is 0 Å². The zero-order valence-electron chi connectivity index (χ0n) is 9.98. The number of hydrogen-bond donors (Lipinski definition) is 2. The minimum absolute atomic E-state index is 0.329. The van der Waals surface area contributed by atoms with Gasteiger partial charge in [0.1, 0.15) is 0 Å². The zero-order chi connectivity index (χ0) is 11.5. The molecule has 1 aliphatic carbocycles. The van der Waals surface area contributed by atoms with E-state index in [9.17, 15) is 4.79 Å². The second-order valence-electron chi connectivity index (χ2n) is 5.15. The van der Waals surface area contributed by atoms with Gasteiger partial charge in [0.2, 0.25) is 0 Å². The maximum atomic E-state index is 10.6. The van der Waals surface area contributed by atoms with Crippen molar-refractivity contribution in [2.24, 2.45) is 11.7 Å². The third-order valence-electron chi connectivity index (χ3n) is 3.69. The molecular weight excluding hydrogens is 204 g/mol. The number of carbonyl (C=O) groups excluding carboxylic acids is 1. The van der Waals surface area contributed by atoms with E-state index in [0.29, 0.717) is 6.04 Å². The zero-order valence-corrected chi connectivity index (χ0v) is 9.98. The molecule has 2 aliphatic rings. The van der Waals surface area contributed by atoms with Crippen LogP contribution in [0.25, 0.3) is 0 Å². The molecule has 1 saturated carbocycles. The summed E-state index contributed by atoms with van der Waals surface area (Å²) in [5.41, 5.74) is 5.08. The monoisotopic (exact) mass is 226 g/mol.